The van der Waals surface area contributed by atoms with Gasteiger partial charge in [-0.25, -0.2) is 4.79 Å². The second-order valence-electron chi connectivity index (χ2n) is 6.55. The summed E-state index contributed by atoms with van der Waals surface area (Å²) in [5.41, 5.74) is -0.504. The van der Waals surface area contributed by atoms with Crippen LogP contribution in [-0.2, 0) is 38.0 Å². The van der Waals surface area contributed by atoms with E-state index in [0.717, 1.165) is 0 Å². The van der Waals surface area contributed by atoms with Crippen LogP contribution in [0.4, 0.5) is 0 Å². The maximum atomic E-state index is 11.4. The normalized spacial score (nSPS) is 11.5. The average molecular weight is 409 g/mol. The van der Waals surface area contributed by atoms with Gasteiger partial charge in [-0.2, -0.15) is 4.91 Å². The lowest BCUT2D eigenvalue weighted by Gasteiger charge is -2.19. The zero-order chi connectivity index (χ0) is 20.9. The number of ether oxygens (including phenoxy) is 7. The van der Waals surface area contributed by atoms with Crippen molar-refractivity contribution < 1.29 is 38.0 Å². The summed E-state index contributed by atoms with van der Waals surface area (Å²) in [5.74, 6) is -0.387. The molecule has 28 heavy (non-hydrogen) atoms. The lowest BCUT2D eigenvalue weighted by atomic mass is 10.2. The van der Waals surface area contributed by atoms with Crippen LogP contribution in [0.25, 0.3) is 0 Å². The summed E-state index contributed by atoms with van der Waals surface area (Å²) < 4.78 is 36.7. The molecule has 0 N–H and O–H groups in total. The maximum absolute atomic E-state index is 11.4. The number of nitroso groups, excluding NO2 is 1. The van der Waals surface area contributed by atoms with Crippen LogP contribution >= 0.6 is 0 Å². The highest BCUT2D eigenvalue weighted by Crippen LogP contribution is 2.06. The van der Waals surface area contributed by atoms with Crippen molar-refractivity contribution >= 4 is 5.97 Å². The molecule has 0 fully saturated rings. The Balaban J connectivity index is 3.12. The molecule has 0 heterocycles. The summed E-state index contributed by atoms with van der Waals surface area (Å²) in [6, 6.07) is 0. The van der Waals surface area contributed by atoms with Crippen LogP contribution in [-0.4, -0.2) is 97.4 Å². The van der Waals surface area contributed by atoms with Gasteiger partial charge in [0.05, 0.1) is 72.7 Å². The Bertz CT molecular complexity index is 375. The molecule has 0 aromatic rings. The zero-order valence-corrected chi connectivity index (χ0v) is 17.3. The van der Waals surface area contributed by atoms with Gasteiger partial charge in [-0.05, 0) is 20.8 Å². The van der Waals surface area contributed by atoms with Gasteiger partial charge in [0.1, 0.15) is 18.8 Å². The molecule has 0 saturated heterocycles. The number of rotatable bonds is 20. The average Bonchev–Trinajstić information content (AvgIpc) is 2.62. The fraction of sp³-hybridized carbons (Fsp3) is 0.944. The fourth-order valence-electron chi connectivity index (χ4n) is 1.73. The first kappa shape index (κ1) is 26.8. The maximum Gasteiger partial charge on any atom is 0.332 e. The molecule has 0 aromatic heterocycles. The molecule has 0 saturated carbocycles. The van der Waals surface area contributed by atoms with Gasteiger partial charge in [0, 0.05) is 0 Å². The largest absolute Gasteiger partial charge is 0.458 e. The van der Waals surface area contributed by atoms with Crippen LogP contribution in [0.15, 0.2) is 5.18 Å². The lowest BCUT2D eigenvalue weighted by molar-refractivity contribution is -0.160. The highest BCUT2D eigenvalue weighted by molar-refractivity contribution is 5.71. The van der Waals surface area contributed by atoms with Gasteiger partial charge in [-0.3, -0.25) is 0 Å². The topological polar surface area (TPSA) is 111 Å². The van der Waals surface area contributed by atoms with Crippen molar-refractivity contribution in [2.24, 2.45) is 5.18 Å². The van der Waals surface area contributed by atoms with Gasteiger partial charge in [-0.1, -0.05) is 5.18 Å². The van der Waals surface area contributed by atoms with Crippen LogP contribution in [0.2, 0.25) is 0 Å². The van der Waals surface area contributed by atoms with Gasteiger partial charge < -0.3 is 33.2 Å². The first-order chi connectivity index (χ1) is 13.5. The molecule has 0 aromatic carbocycles. The standard InChI is InChI=1S/C18H35NO9/c1-18(2,3)28-17(20)16-27-15-14-26-13-12-25-11-10-24-9-8-23-7-6-22-5-4-19-21/h4-16H2,1-3H3. The van der Waals surface area contributed by atoms with Gasteiger partial charge in [0.25, 0.3) is 0 Å². The number of hydrogen-bond acceptors (Lipinski definition) is 10. The second-order valence-corrected chi connectivity index (χ2v) is 6.55. The Morgan fingerprint density at radius 1 is 0.643 bits per heavy atom. The first-order valence-corrected chi connectivity index (χ1v) is 9.43. The molecular formula is C18H35NO9. The quantitative estimate of drug-likeness (QED) is 0.166. The van der Waals surface area contributed by atoms with E-state index in [1.165, 1.54) is 0 Å². The van der Waals surface area contributed by atoms with Crippen molar-refractivity contribution in [1.29, 1.82) is 0 Å². The van der Waals surface area contributed by atoms with E-state index in [0.29, 0.717) is 72.7 Å². The molecule has 10 heteroatoms. The molecule has 10 nitrogen and oxygen atoms in total. The number of carbonyl (C=O) groups excluding carboxylic acids is 1. The van der Waals surface area contributed by atoms with E-state index in [1.807, 2.05) is 20.8 Å². The molecule has 0 rings (SSSR count). The van der Waals surface area contributed by atoms with Crippen molar-refractivity contribution in [2.45, 2.75) is 26.4 Å². The van der Waals surface area contributed by atoms with Crippen LogP contribution < -0.4 is 0 Å². The molecule has 0 radical (unpaired) electrons. The van der Waals surface area contributed by atoms with E-state index in [4.69, 9.17) is 33.2 Å². The van der Waals surface area contributed by atoms with Crippen LogP contribution in [0.1, 0.15) is 20.8 Å². The highest BCUT2D eigenvalue weighted by Gasteiger charge is 2.15. The van der Waals surface area contributed by atoms with E-state index >= 15 is 0 Å². The van der Waals surface area contributed by atoms with E-state index in [9.17, 15) is 9.70 Å². The third-order valence-electron chi connectivity index (χ3n) is 2.83. The highest BCUT2D eigenvalue weighted by atomic mass is 16.6. The van der Waals surface area contributed by atoms with E-state index in [1.54, 1.807) is 0 Å². The predicted octanol–water partition coefficient (Wildman–Crippen LogP) is 1.19. The molecule has 0 aliphatic carbocycles. The minimum Gasteiger partial charge on any atom is -0.458 e. The van der Waals surface area contributed by atoms with E-state index < -0.39 is 5.60 Å². The smallest absolute Gasteiger partial charge is 0.332 e. The third-order valence-corrected chi connectivity index (χ3v) is 2.83. The van der Waals surface area contributed by atoms with Crippen molar-refractivity contribution in [2.75, 3.05) is 85.8 Å². The Morgan fingerprint density at radius 3 is 1.36 bits per heavy atom. The van der Waals surface area contributed by atoms with Crippen LogP contribution in [0.5, 0.6) is 0 Å². The van der Waals surface area contributed by atoms with Gasteiger partial charge in [-0.15, -0.1) is 0 Å². The molecule has 0 spiro atoms. The molecule has 0 amide bonds. The monoisotopic (exact) mass is 409 g/mol. The fourth-order valence-corrected chi connectivity index (χ4v) is 1.73. The zero-order valence-electron chi connectivity index (χ0n) is 17.3. The van der Waals surface area contributed by atoms with Gasteiger partial charge in [0.15, 0.2) is 0 Å². The second kappa shape index (κ2) is 19.2. The third kappa shape index (κ3) is 22.9. The minimum absolute atomic E-state index is 0.0805. The number of hydrogen-bond donors (Lipinski definition) is 0. The summed E-state index contributed by atoms with van der Waals surface area (Å²) in [5, 5.41) is 2.69. The number of esters is 1. The van der Waals surface area contributed by atoms with Gasteiger partial charge >= 0.3 is 5.97 Å². The lowest BCUT2D eigenvalue weighted by Crippen LogP contribution is -2.27. The van der Waals surface area contributed by atoms with Gasteiger partial charge in [0.2, 0.25) is 0 Å². The van der Waals surface area contributed by atoms with Crippen molar-refractivity contribution in [1.82, 2.24) is 0 Å². The Morgan fingerprint density at radius 2 is 1.00 bits per heavy atom. The van der Waals surface area contributed by atoms with Crippen LogP contribution in [0.3, 0.4) is 0 Å². The molecule has 166 valence electrons. The Labute approximate surface area is 167 Å². The molecule has 0 aliphatic rings. The van der Waals surface area contributed by atoms with Crippen molar-refractivity contribution in [3.63, 3.8) is 0 Å². The molecule has 0 unspecified atom stereocenters. The van der Waals surface area contributed by atoms with Crippen molar-refractivity contribution in [3.05, 3.63) is 4.91 Å². The predicted molar refractivity (Wildman–Crippen MR) is 101 cm³/mol. The minimum atomic E-state index is -0.504. The molecular weight excluding hydrogens is 374 g/mol. The molecule has 0 aliphatic heterocycles. The van der Waals surface area contributed by atoms with E-state index in [2.05, 4.69) is 5.18 Å². The molecule has 0 atom stereocenters. The number of nitrogens with zero attached hydrogens (tertiary/aromatic N) is 1. The van der Waals surface area contributed by atoms with Crippen LogP contribution in [0, 0.1) is 4.91 Å². The Hall–Kier alpha value is -1.17. The Kier molecular flexibility index (Phi) is 18.4. The first-order valence-electron chi connectivity index (χ1n) is 9.43. The molecule has 0 bridgehead atoms. The SMILES string of the molecule is CC(C)(C)OC(=O)COCCOCCOCCOCCOCCOCCN=O. The summed E-state index contributed by atoms with van der Waals surface area (Å²) >= 11 is 0. The summed E-state index contributed by atoms with van der Waals surface area (Å²) in [7, 11) is 0. The van der Waals surface area contributed by atoms with E-state index in [-0.39, 0.29) is 19.1 Å². The number of carbonyl (C=O) groups is 1. The summed E-state index contributed by atoms with van der Waals surface area (Å²) in [6.07, 6.45) is 0. The van der Waals surface area contributed by atoms with Crippen molar-refractivity contribution in [3.8, 4) is 0 Å². The summed E-state index contributed by atoms with van der Waals surface area (Å²) in [4.78, 5) is 21.2. The summed E-state index contributed by atoms with van der Waals surface area (Å²) in [6.45, 7) is 10.2.